The van der Waals surface area contributed by atoms with Crippen molar-refractivity contribution in [3.8, 4) is 0 Å². The molecule has 1 atom stereocenters. The van der Waals surface area contributed by atoms with Gasteiger partial charge < -0.3 is 4.90 Å². The zero-order chi connectivity index (χ0) is 13.2. The molecule has 0 radical (unpaired) electrons. The lowest BCUT2D eigenvalue weighted by Gasteiger charge is -2.29. The van der Waals surface area contributed by atoms with Gasteiger partial charge in [0.2, 0.25) is 0 Å². The van der Waals surface area contributed by atoms with Crippen LogP contribution in [0.5, 0.6) is 0 Å². The van der Waals surface area contributed by atoms with Crippen LogP contribution in [0, 0.1) is 11.3 Å². The Morgan fingerprint density at radius 1 is 1.11 bits per heavy atom. The second-order valence-corrected chi connectivity index (χ2v) is 7.07. The van der Waals surface area contributed by atoms with Crippen molar-refractivity contribution in [3.63, 3.8) is 0 Å². The number of carbonyl (C=O) groups is 1. The summed E-state index contributed by atoms with van der Waals surface area (Å²) in [5.41, 5.74) is -0.0606. The standard InChI is InChI=1S/C16H29NO/c1-16(2)11-10-13(15(16)18)12-17(3)14-8-6-4-5-7-9-14/h13-14H,4-12H2,1-3H3. The van der Waals surface area contributed by atoms with Gasteiger partial charge in [-0.3, -0.25) is 4.79 Å². The van der Waals surface area contributed by atoms with Crippen molar-refractivity contribution >= 4 is 5.78 Å². The Labute approximate surface area is 112 Å². The van der Waals surface area contributed by atoms with Crippen LogP contribution in [0.15, 0.2) is 0 Å². The summed E-state index contributed by atoms with van der Waals surface area (Å²) in [6.45, 7) is 5.22. The highest BCUT2D eigenvalue weighted by atomic mass is 16.1. The van der Waals surface area contributed by atoms with E-state index in [9.17, 15) is 4.79 Å². The lowest BCUT2D eigenvalue weighted by Crippen LogP contribution is -2.37. The van der Waals surface area contributed by atoms with E-state index in [1.54, 1.807) is 0 Å². The molecule has 0 saturated heterocycles. The molecule has 2 aliphatic rings. The highest BCUT2D eigenvalue weighted by Gasteiger charge is 2.40. The lowest BCUT2D eigenvalue weighted by atomic mass is 9.89. The molecule has 0 aromatic rings. The molecule has 2 rings (SSSR count). The van der Waals surface area contributed by atoms with Crippen molar-refractivity contribution in [1.82, 2.24) is 4.90 Å². The smallest absolute Gasteiger partial charge is 0.142 e. The molecule has 0 aromatic heterocycles. The Balaban J connectivity index is 1.87. The Morgan fingerprint density at radius 2 is 1.72 bits per heavy atom. The van der Waals surface area contributed by atoms with E-state index in [1.165, 1.54) is 38.5 Å². The fourth-order valence-electron chi connectivity index (χ4n) is 3.71. The Morgan fingerprint density at radius 3 is 2.22 bits per heavy atom. The minimum absolute atomic E-state index is 0.0606. The molecule has 0 N–H and O–H groups in total. The van der Waals surface area contributed by atoms with Gasteiger partial charge in [0, 0.05) is 23.9 Å². The summed E-state index contributed by atoms with van der Waals surface area (Å²) in [6.07, 6.45) is 10.4. The molecule has 0 heterocycles. The van der Waals surface area contributed by atoms with Gasteiger partial charge in [-0.15, -0.1) is 0 Å². The second kappa shape index (κ2) is 5.73. The van der Waals surface area contributed by atoms with Gasteiger partial charge in [-0.2, -0.15) is 0 Å². The molecule has 1 unspecified atom stereocenters. The third-order valence-electron chi connectivity index (χ3n) is 5.11. The molecule has 2 saturated carbocycles. The second-order valence-electron chi connectivity index (χ2n) is 7.07. The van der Waals surface area contributed by atoms with Crippen LogP contribution in [0.25, 0.3) is 0 Å². The number of nitrogens with zero attached hydrogens (tertiary/aromatic N) is 1. The highest BCUT2D eigenvalue weighted by Crippen LogP contribution is 2.38. The van der Waals surface area contributed by atoms with E-state index in [4.69, 9.17) is 0 Å². The van der Waals surface area contributed by atoms with E-state index in [0.717, 1.165) is 25.4 Å². The van der Waals surface area contributed by atoms with Crippen LogP contribution in [0.3, 0.4) is 0 Å². The SMILES string of the molecule is CN(CC1CCC(C)(C)C1=O)C1CCCCCC1. The maximum Gasteiger partial charge on any atom is 0.142 e. The maximum atomic E-state index is 12.3. The molecule has 0 aromatic carbocycles. The van der Waals surface area contributed by atoms with Gasteiger partial charge in [-0.05, 0) is 32.7 Å². The largest absolute Gasteiger partial charge is 0.303 e. The number of carbonyl (C=O) groups excluding carboxylic acids is 1. The fourth-order valence-corrected chi connectivity index (χ4v) is 3.71. The lowest BCUT2D eigenvalue weighted by molar-refractivity contribution is -0.128. The maximum absolute atomic E-state index is 12.3. The molecular formula is C16H29NO. The molecular weight excluding hydrogens is 222 g/mol. The molecule has 0 amide bonds. The van der Waals surface area contributed by atoms with Crippen LogP contribution in [-0.4, -0.2) is 30.3 Å². The van der Waals surface area contributed by atoms with Crippen LogP contribution in [0.2, 0.25) is 0 Å². The molecule has 2 nitrogen and oxygen atoms in total. The highest BCUT2D eigenvalue weighted by molar-refractivity contribution is 5.88. The van der Waals surface area contributed by atoms with Crippen LogP contribution < -0.4 is 0 Å². The summed E-state index contributed by atoms with van der Waals surface area (Å²) in [5.74, 6) is 0.802. The first-order chi connectivity index (χ1) is 8.50. The molecule has 0 aliphatic heterocycles. The van der Waals surface area contributed by atoms with Gasteiger partial charge in [-0.1, -0.05) is 39.5 Å². The van der Waals surface area contributed by atoms with E-state index < -0.39 is 0 Å². The minimum atomic E-state index is -0.0606. The van der Waals surface area contributed by atoms with Gasteiger partial charge in [0.15, 0.2) is 0 Å². The van der Waals surface area contributed by atoms with Crippen molar-refractivity contribution in [2.45, 2.75) is 71.3 Å². The molecule has 0 bridgehead atoms. The molecule has 104 valence electrons. The summed E-state index contributed by atoms with van der Waals surface area (Å²) in [6, 6.07) is 0.726. The average Bonchev–Trinajstić information content (AvgIpc) is 2.57. The summed E-state index contributed by atoms with van der Waals surface area (Å²) in [4.78, 5) is 14.8. The van der Waals surface area contributed by atoms with E-state index in [0.29, 0.717) is 11.7 Å². The van der Waals surface area contributed by atoms with E-state index in [-0.39, 0.29) is 5.41 Å². The Kier molecular flexibility index (Phi) is 4.47. The first-order valence-electron chi connectivity index (χ1n) is 7.75. The van der Waals surface area contributed by atoms with Crippen molar-refractivity contribution < 1.29 is 4.79 Å². The Hall–Kier alpha value is -0.370. The van der Waals surface area contributed by atoms with Gasteiger partial charge in [0.1, 0.15) is 5.78 Å². The van der Waals surface area contributed by atoms with Crippen LogP contribution in [0.1, 0.15) is 65.2 Å². The summed E-state index contributed by atoms with van der Waals surface area (Å²) in [7, 11) is 2.23. The van der Waals surface area contributed by atoms with Crippen molar-refractivity contribution in [3.05, 3.63) is 0 Å². The van der Waals surface area contributed by atoms with Crippen LogP contribution in [-0.2, 0) is 4.79 Å². The van der Waals surface area contributed by atoms with Crippen molar-refractivity contribution in [2.24, 2.45) is 11.3 Å². The number of rotatable bonds is 3. The zero-order valence-electron chi connectivity index (χ0n) is 12.4. The normalized spacial score (nSPS) is 29.8. The topological polar surface area (TPSA) is 20.3 Å². The van der Waals surface area contributed by atoms with Crippen molar-refractivity contribution in [1.29, 1.82) is 0 Å². The van der Waals surface area contributed by atoms with Gasteiger partial charge >= 0.3 is 0 Å². The summed E-state index contributed by atoms with van der Waals surface area (Å²) in [5, 5.41) is 0. The van der Waals surface area contributed by atoms with Gasteiger partial charge in [-0.25, -0.2) is 0 Å². The van der Waals surface area contributed by atoms with E-state index in [1.807, 2.05) is 0 Å². The number of hydrogen-bond acceptors (Lipinski definition) is 2. The van der Waals surface area contributed by atoms with Gasteiger partial charge in [0.25, 0.3) is 0 Å². The van der Waals surface area contributed by atoms with Crippen LogP contribution in [0.4, 0.5) is 0 Å². The molecule has 2 heteroatoms. The summed E-state index contributed by atoms with van der Waals surface area (Å²) >= 11 is 0. The van der Waals surface area contributed by atoms with Crippen LogP contribution >= 0.6 is 0 Å². The molecule has 2 aliphatic carbocycles. The van der Waals surface area contributed by atoms with Gasteiger partial charge in [0.05, 0.1) is 0 Å². The third kappa shape index (κ3) is 3.14. The zero-order valence-corrected chi connectivity index (χ0v) is 12.4. The third-order valence-corrected chi connectivity index (χ3v) is 5.11. The monoisotopic (exact) mass is 251 g/mol. The summed E-state index contributed by atoms with van der Waals surface area (Å²) < 4.78 is 0. The number of ketones is 1. The van der Waals surface area contributed by atoms with E-state index >= 15 is 0 Å². The quantitative estimate of drug-likeness (QED) is 0.714. The predicted molar refractivity (Wildman–Crippen MR) is 75.6 cm³/mol. The molecule has 2 fully saturated rings. The fraction of sp³-hybridized carbons (Fsp3) is 0.938. The van der Waals surface area contributed by atoms with Crippen molar-refractivity contribution in [2.75, 3.05) is 13.6 Å². The number of Topliss-reactive ketones (excluding diaryl/α,β-unsaturated/α-hetero) is 1. The Bertz CT molecular complexity index is 289. The first kappa shape index (κ1) is 14.0. The number of hydrogen-bond donors (Lipinski definition) is 0. The average molecular weight is 251 g/mol. The molecule has 18 heavy (non-hydrogen) atoms. The molecule has 0 spiro atoms. The predicted octanol–water partition coefficient (Wildman–Crippen LogP) is 3.65. The first-order valence-corrected chi connectivity index (χ1v) is 7.75. The minimum Gasteiger partial charge on any atom is -0.303 e. The van der Waals surface area contributed by atoms with E-state index in [2.05, 4.69) is 25.8 Å².